The Morgan fingerprint density at radius 2 is 2.03 bits per heavy atom. The van der Waals surface area contributed by atoms with E-state index >= 15 is 0 Å². The van der Waals surface area contributed by atoms with Crippen LogP contribution in [0.2, 0.25) is 5.02 Å². The second-order valence-corrected chi connectivity index (χ2v) is 8.11. The maximum absolute atomic E-state index is 12.3. The van der Waals surface area contributed by atoms with Crippen molar-refractivity contribution in [3.8, 4) is 5.75 Å². The van der Waals surface area contributed by atoms with E-state index in [0.717, 1.165) is 23.4 Å². The molecule has 0 aliphatic heterocycles. The highest BCUT2D eigenvalue weighted by Crippen LogP contribution is 2.24. The van der Waals surface area contributed by atoms with E-state index < -0.39 is 0 Å². The fourth-order valence-corrected chi connectivity index (χ4v) is 3.58. The van der Waals surface area contributed by atoms with E-state index in [2.05, 4.69) is 28.8 Å². The van der Waals surface area contributed by atoms with Gasteiger partial charge in [0, 0.05) is 24.6 Å². The van der Waals surface area contributed by atoms with Crippen LogP contribution in [0.1, 0.15) is 19.7 Å². The Balaban J connectivity index is 1.51. The number of aromatic nitrogens is 4. The Kier molecular flexibility index (Phi) is 6.23. The molecule has 0 saturated heterocycles. The van der Waals surface area contributed by atoms with Gasteiger partial charge in [-0.3, -0.25) is 9.48 Å². The van der Waals surface area contributed by atoms with Crippen molar-refractivity contribution in [3.05, 3.63) is 71.8 Å². The van der Waals surface area contributed by atoms with Gasteiger partial charge in [0.2, 0.25) is 0 Å². The SMILES string of the molecule is CC(C)Cn1c(Cn2cccn2)nc2cc(NC(=O)COc3ccccc3Cl)ccc21. The van der Waals surface area contributed by atoms with Crippen LogP contribution in [0.15, 0.2) is 60.9 Å². The molecule has 0 bridgehead atoms. The number of ether oxygens (including phenoxy) is 1. The number of hydrogen-bond acceptors (Lipinski definition) is 4. The molecule has 8 heteroatoms. The molecular formula is C23H24ClN5O2. The fourth-order valence-electron chi connectivity index (χ4n) is 3.39. The summed E-state index contributed by atoms with van der Waals surface area (Å²) in [7, 11) is 0. The first kappa shape index (κ1) is 20.9. The average Bonchev–Trinajstić information content (AvgIpc) is 3.35. The van der Waals surface area contributed by atoms with Crippen molar-refractivity contribution in [2.75, 3.05) is 11.9 Å². The summed E-state index contributed by atoms with van der Waals surface area (Å²) in [5.74, 6) is 1.61. The van der Waals surface area contributed by atoms with Gasteiger partial charge in [-0.2, -0.15) is 5.10 Å². The molecule has 2 heterocycles. The molecule has 1 amide bonds. The van der Waals surface area contributed by atoms with E-state index in [-0.39, 0.29) is 12.5 Å². The number of para-hydroxylation sites is 1. The van der Waals surface area contributed by atoms with Gasteiger partial charge < -0.3 is 14.6 Å². The molecule has 0 unspecified atom stereocenters. The number of carbonyl (C=O) groups is 1. The topological polar surface area (TPSA) is 74.0 Å². The summed E-state index contributed by atoms with van der Waals surface area (Å²) >= 11 is 6.06. The van der Waals surface area contributed by atoms with Crippen LogP contribution in [0.5, 0.6) is 5.75 Å². The number of nitrogens with one attached hydrogen (secondary N) is 1. The van der Waals surface area contributed by atoms with Crippen LogP contribution in [0, 0.1) is 5.92 Å². The number of hydrogen-bond donors (Lipinski definition) is 1. The predicted octanol–water partition coefficient (Wildman–Crippen LogP) is 4.61. The number of rotatable bonds is 8. The van der Waals surface area contributed by atoms with Crippen LogP contribution in [0.3, 0.4) is 0 Å². The van der Waals surface area contributed by atoms with Gasteiger partial charge in [0.25, 0.3) is 5.91 Å². The van der Waals surface area contributed by atoms with E-state index in [0.29, 0.717) is 28.9 Å². The Morgan fingerprint density at radius 1 is 1.19 bits per heavy atom. The van der Waals surface area contributed by atoms with Crippen LogP contribution < -0.4 is 10.1 Å². The summed E-state index contributed by atoms with van der Waals surface area (Å²) < 4.78 is 9.58. The second kappa shape index (κ2) is 9.22. The van der Waals surface area contributed by atoms with Crippen molar-refractivity contribution in [3.63, 3.8) is 0 Å². The standard InChI is InChI=1S/C23H24ClN5O2/c1-16(2)13-29-20-9-8-17(12-19(20)27-22(29)14-28-11-5-10-25-28)26-23(30)15-31-21-7-4-3-6-18(21)24/h3-12,16H,13-15H2,1-2H3,(H,26,30). The number of nitrogens with zero attached hydrogens (tertiary/aromatic N) is 4. The number of imidazole rings is 1. The van der Waals surface area contributed by atoms with Gasteiger partial charge in [-0.15, -0.1) is 0 Å². The van der Waals surface area contributed by atoms with Gasteiger partial charge in [-0.05, 0) is 42.3 Å². The predicted molar refractivity (Wildman–Crippen MR) is 121 cm³/mol. The van der Waals surface area contributed by atoms with E-state index in [4.69, 9.17) is 21.3 Å². The number of halogens is 1. The zero-order chi connectivity index (χ0) is 21.8. The molecule has 160 valence electrons. The number of benzene rings is 2. The van der Waals surface area contributed by atoms with Gasteiger partial charge >= 0.3 is 0 Å². The van der Waals surface area contributed by atoms with Crippen molar-refractivity contribution in [1.29, 1.82) is 0 Å². The maximum atomic E-state index is 12.3. The molecule has 0 fully saturated rings. The van der Waals surface area contributed by atoms with Gasteiger partial charge in [0.05, 0.1) is 22.6 Å². The summed E-state index contributed by atoms with van der Waals surface area (Å²) in [4.78, 5) is 17.2. The zero-order valence-corrected chi connectivity index (χ0v) is 18.2. The summed E-state index contributed by atoms with van der Waals surface area (Å²) in [5, 5.41) is 7.63. The summed E-state index contributed by atoms with van der Waals surface area (Å²) in [5.41, 5.74) is 2.52. The van der Waals surface area contributed by atoms with Crippen LogP contribution in [0.25, 0.3) is 11.0 Å². The third kappa shape index (κ3) is 5.06. The Morgan fingerprint density at radius 3 is 2.77 bits per heavy atom. The average molecular weight is 438 g/mol. The molecule has 2 aromatic carbocycles. The lowest BCUT2D eigenvalue weighted by atomic mass is 10.2. The van der Waals surface area contributed by atoms with Crippen molar-refractivity contribution in [1.82, 2.24) is 19.3 Å². The lowest BCUT2D eigenvalue weighted by Gasteiger charge is -2.12. The molecule has 0 saturated carbocycles. The number of anilines is 1. The van der Waals surface area contributed by atoms with E-state index in [1.54, 1.807) is 24.4 Å². The highest BCUT2D eigenvalue weighted by molar-refractivity contribution is 6.32. The number of carbonyl (C=O) groups excluding carboxylic acids is 1. The highest BCUT2D eigenvalue weighted by Gasteiger charge is 2.14. The molecule has 4 rings (SSSR count). The Hall–Kier alpha value is -3.32. The minimum absolute atomic E-state index is 0.131. The van der Waals surface area contributed by atoms with E-state index in [9.17, 15) is 4.79 Å². The van der Waals surface area contributed by atoms with Gasteiger partial charge in [0.15, 0.2) is 6.61 Å². The molecule has 0 aliphatic rings. The lowest BCUT2D eigenvalue weighted by molar-refractivity contribution is -0.118. The van der Waals surface area contributed by atoms with Crippen molar-refractivity contribution >= 4 is 34.2 Å². The quantitative estimate of drug-likeness (QED) is 0.437. The smallest absolute Gasteiger partial charge is 0.262 e. The third-order valence-electron chi connectivity index (χ3n) is 4.72. The Labute approximate surface area is 185 Å². The van der Waals surface area contributed by atoms with Gasteiger partial charge in [0.1, 0.15) is 11.6 Å². The van der Waals surface area contributed by atoms with Crippen LogP contribution >= 0.6 is 11.6 Å². The van der Waals surface area contributed by atoms with E-state index in [1.165, 1.54) is 0 Å². The molecule has 0 atom stereocenters. The Bertz CT molecular complexity index is 1180. The highest BCUT2D eigenvalue weighted by atomic mass is 35.5. The minimum Gasteiger partial charge on any atom is -0.482 e. The lowest BCUT2D eigenvalue weighted by Crippen LogP contribution is -2.20. The molecular weight excluding hydrogens is 414 g/mol. The van der Waals surface area contributed by atoms with Crippen molar-refractivity contribution < 1.29 is 9.53 Å². The van der Waals surface area contributed by atoms with E-state index in [1.807, 2.05) is 41.2 Å². The first-order valence-electron chi connectivity index (χ1n) is 10.1. The molecule has 0 aliphatic carbocycles. The number of amides is 1. The summed E-state index contributed by atoms with van der Waals surface area (Å²) in [6.07, 6.45) is 3.68. The number of fused-ring (bicyclic) bond motifs is 1. The van der Waals surface area contributed by atoms with Gasteiger partial charge in [-0.25, -0.2) is 4.98 Å². The molecule has 0 radical (unpaired) electrons. The molecule has 1 N–H and O–H groups in total. The maximum Gasteiger partial charge on any atom is 0.262 e. The fraction of sp³-hybridized carbons (Fsp3) is 0.261. The second-order valence-electron chi connectivity index (χ2n) is 7.71. The van der Waals surface area contributed by atoms with Crippen LogP contribution in [0.4, 0.5) is 5.69 Å². The van der Waals surface area contributed by atoms with Crippen LogP contribution in [-0.2, 0) is 17.9 Å². The molecule has 2 aromatic heterocycles. The first-order chi connectivity index (χ1) is 15.0. The van der Waals surface area contributed by atoms with Crippen molar-refractivity contribution in [2.24, 2.45) is 5.92 Å². The minimum atomic E-state index is -0.266. The summed E-state index contributed by atoms with van der Waals surface area (Å²) in [6, 6.07) is 14.7. The third-order valence-corrected chi connectivity index (χ3v) is 5.03. The monoisotopic (exact) mass is 437 g/mol. The van der Waals surface area contributed by atoms with Crippen LogP contribution in [-0.4, -0.2) is 31.8 Å². The molecule has 7 nitrogen and oxygen atoms in total. The summed E-state index contributed by atoms with van der Waals surface area (Å²) in [6.45, 7) is 5.66. The molecule has 31 heavy (non-hydrogen) atoms. The molecule has 0 spiro atoms. The zero-order valence-electron chi connectivity index (χ0n) is 17.5. The first-order valence-corrected chi connectivity index (χ1v) is 10.5. The normalized spacial score (nSPS) is 11.2. The largest absolute Gasteiger partial charge is 0.482 e. The van der Waals surface area contributed by atoms with Crippen molar-refractivity contribution in [2.45, 2.75) is 26.9 Å². The molecule has 4 aromatic rings. The van der Waals surface area contributed by atoms with Gasteiger partial charge in [-0.1, -0.05) is 37.6 Å².